The van der Waals surface area contributed by atoms with E-state index >= 15 is 0 Å². The SMILES string of the molecule is CCC1CCC(/C=C/N2Cc3cc(F)c(OCc4ccccc4)cc3C2=O)CC1. The first-order valence-electron chi connectivity index (χ1n) is 10.6. The highest BCUT2D eigenvalue weighted by molar-refractivity contribution is 5.99. The van der Waals surface area contributed by atoms with E-state index in [0.29, 0.717) is 18.0 Å². The third-order valence-corrected chi connectivity index (χ3v) is 6.23. The average molecular weight is 394 g/mol. The Labute approximate surface area is 172 Å². The molecule has 4 rings (SSSR count). The van der Waals surface area contributed by atoms with Crippen molar-refractivity contribution in [3.8, 4) is 5.75 Å². The van der Waals surface area contributed by atoms with E-state index < -0.39 is 5.82 Å². The minimum atomic E-state index is -0.420. The Morgan fingerprint density at radius 2 is 1.90 bits per heavy atom. The van der Waals surface area contributed by atoms with E-state index in [1.54, 1.807) is 11.0 Å². The molecule has 0 spiro atoms. The molecule has 0 radical (unpaired) electrons. The number of allylic oxidation sites excluding steroid dienone is 1. The van der Waals surface area contributed by atoms with Crippen molar-refractivity contribution in [3.05, 3.63) is 77.2 Å². The molecular weight excluding hydrogens is 365 g/mol. The van der Waals surface area contributed by atoms with Gasteiger partial charge in [-0.25, -0.2) is 4.39 Å². The second-order valence-electron chi connectivity index (χ2n) is 8.18. The summed E-state index contributed by atoms with van der Waals surface area (Å²) in [5.74, 6) is 1.02. The molecule has 3 nitrogen and oxygen atoms in total. The number of benzene rings is 2. The Morgan fingerprint density at radius 1 is 1.14 bits per heavy atom. The molecule has 29 heavy (non-hydrogen) atoms. The summed E-state index contributed by atoms with van der Waals surface area (Å²) in [7, 11) is 0. The van der Waals surface area contributed by atoms with Crippen LogP contribution < -0.4 is 4.74 Å². The molecule has 0 atom stereocenters. The second-order valence-corrected chi connectivity index (χ2v) is 8.18. The maximum absolute atomic E-state index is 14.5. The lowest BCUT2D eigenvalue weighted by molar-refractivity contribution is 0.0841. The third kappa shape index (κ3) is 4.52. The number of nitrogens with zero attached hydrogens (tertiary/aromatic N) is 1. The Kier molecular flexibility index (Phi) is 5.98. The van der Waals surface area contributed by atoms with E-state index in [9.17, 15) is 9.18 Å². The molecule has 1 saturated carbocycles. The average Bonchev–Trinajstić information content (AvgIpc) is 3.06. The minimum absolute atomic E-state index is 0.0805. The molecule has 2 aliphatic rings. The number of carbonyl (C=O) groups is 1. The van der Waals surface area contributed by atoms with E-state index in [1.165, 1.54) is 38.2 Å². The van der Waals surface area contributed by atoms with Crippen molar-refractivity contribution in [1.29, 1.82) is 0 Å². The molecule has 2 aromatic rings. The molecule has 4 heteroatoms. The minimum Gasteiger partial charge on any atom is -0.486 e. The summed E-state index contributed by atoms with van der Waals surface area (Å²) in [5.41, 5.74) is 2.22. The third-order valence-electron chi connectivity index (χ3n) is 6.23. The van der Waals surface area contributed by atoms with Gasteiger partial charge in [-0.05, 0) is 60.8 Å². The summed E-state index contributed by atoms with van der Waals surface area (Å²) in [6.07, 6.45) is 10.3. The van der Waals surface area contributed by atoms with Crippen LogP contribution in [-0.4, -0.2) is 10.8 Å². The van der Waals surface area contributed by atoms with Crippen LogP contribution in [0.2, 0.25) is 0 Å². The molecule has 1 fully saturated rings. The van der Waals surface area contributed by atoms with E-state index in [0.717, 1.165) is 17.0 Å². The highest BCUT2D eigenvalue weighted by atomic mass is 19.1. The van der Waals surface area contributed by atoms with Gasteiger partial charge in [-0.3, -0.25) is 4.79 Å². The van der Waals surface area contributed by atoms with Crippen molar-refractivity contribution >= 4 is 5.91 Å². The number of halogens is 1. The summed E-state index contributed by atoms with van der Waals surface area (Å²) in [4.78, 5) is 14.5. The zero-order chi connectivity index (χ0) is 20.2. The molecule has 0 bridgehead atoms. The van der Waals surface area contributed by atoms with Gasteiger partial charge in [0.1, 0.15) is 6.61 Å². The van der Waals surface area contributed by atoms with Crippen LogP contribution >= 0.6 is 0 Å². The predicted octanol–water partition coefficient (Wildman–Crippen LogP) is 6.09. The van der Waals surface area contributed by atoms with Crippen LogP contribution in [0.25, 0.3) is 0 Å². The zero-order valence-corrected chi connectivity index (χ0v) is 16.9. The van der Waals surface area contributed by atoms with Crippen molar-refractivity contribution < 1.29 is 13.9 Å². The summed E-state index contributed by atoms with van der Waals surface area (Å²) in [6, 6.07) is 12.6. The number of rotatable bonds is 6. The molecule has 2 aromatic carbocycles. The van der Waals surface area contributed by atoms with Gasteiger partial charge in [0.15, 0.2) is 11.6 Å². The van der Waals surface area contributed by atoms with Crippen LogP contribution in [0.4, 0.5) is 4.39 Å². The lowest BCUT2D eigenvalue weighted by atomic mass is 9.81. The number of fused-ring (bicyclic) bond motifs is 1. The maximum Gasteiger partial charge on any atom is 0.258 e. The van der Waals surface area contributed by atoms with Crippen LogP contribution in [0.15, 0.2) is 54.7 Å². The second kappa shape index (κ2) is 8.81. The van der Waals surface area contributed by atoms with E-state index in [-0.39, 0.29) is 18.3 Å². The van der Waals surface area contributed by atoms with Crippen LogP contribution in [0.5, 0.6) is 5.75 Å². The smallest absolute Gasteiger partial charge is 0.258 e. The largest absolute Gasteiger partial charge is 0.486 e. The lowest BCUT2D eigenvalue weighted by Crippen LogP contribution is -2.18. The Hall–Kier alpha value is -2.62. The molecule has 0 unspecified atom stereocenters. The fourth-order valence-electron chi connectivity index (χ4n) is 4.32. The van der Waals surface area contributed by atoms with Gasteiger partial charge < -0.3 is 9.64 Å². The molecule has 0 N–H and O–H groups in total. The quantitative estimate of drug-likeness (QED) is 0.594. The first-order valence-corrected chi connectivity index (χ1v) is 10.6. The van der Waals surface area contributed by atoms with Gasteiger partial charge in [-0.1, -0.05) is 49.8 Å². The van der Waals surface area contributed by atoms with Crippen LogP contribution in [0.3, 0.4) is 0 Å². The predicted molar refractivity (Wildman–Crippen MR) is 112 cm³/mol. The molecule has 152 valence electrons. The van der Waals surface area contributed by atoms with Crippen molar-refractivity contribution in [2.24, 2.45) is 11.8 Å². The lowest BCUT2D eigenvalue weighted by Gasteiger charge is -2.26. The first kappa shape index (κ1) is 19.7. The summed E-state index contributed by atoms with van der Waals surface area (Å²) < 4.78 is 20.1. The highest BCUT2D eigenvalue weighted by Crippen LogP contribution is 2.33. The normalized spacial score (nSPS) is 21.6. The molecule has 0 saturated heterocycles. The zero-order valence-electron chi connectivity index (χ0n) is 16.9. The van der Waals surface area contributed by atoms with E-state index in [1.807, 2.05) is 36.5 Å². The fourth-order valence-corrected chi connectivity index (χ4v) is 4.32. The van der Waals surface area contributed by atoms with Crippen molar-refractivity contribution in [2.45, 2.75) is 52.2 Å². The maximum atomic E-state index is 14.5. The fraction of sp³-hybridized carbons (Fsp3) is 0.400. The molecular formula is C25H28FNO2. The van der Waals surface area contributed by atoms with Crippen LogP contribution in [0.1, 0.15) is 60.5 Å². The molecule has 1 aliphatic heterocycles. The summed E-state index contributed by atoms with van der Waals surface area (Å²) >= 11 is 0. The van der Waals surface area contributed by atoms with Gasteiger partial charge in [0.25, 0.3) is 5.91 Å². The number of hydrogen-bond donors (Lipinski definition) is 0. The van der Waals surface area contributed by atoms with Gasteiger partial charge in [0.05, 0.1) is 6.54 Å². The Morgan fingerprint density at radius 3 is 2.62 bits per heavy atom. The summed E-state index contributed by atoms with van der Waals surface area (Å²) in [5, 5.41) is 0. The number of hydrogen-bond acceptors (Lipinski definition) is 2. The van der Waals surface area contributed by atoms with Crippen LogP contribution in [-0.2, 0) is 13.2 Å². The highest BCUT2D eigenvalue weighted by Gasteiger charge is 2.28. The standard InChI is InChI=1S/C25H28FNO2/c1-2-18-8-10-19(11-9-18)12-13-27-16-21-14-23(26)24(15-22(21)25(27)28)29-17-20-6-4-3-5-7-20/h3-7,12-15,18-19H,2,8-11,16-17H2,1H3/b13-12+. The topological polar surface area (TPSA) is 29.5 Å². The van der Waals surface area contributed by atoms with Crippen molar-refractivity contribution in [3.63, 3.8) is 0 Å². The van der Waals surface area contributed by atoms with Crippen LogP contribution in [0, 0.1) is 17.7 Å². The van der Waals surface area contributed by atoms with Crippen molar-refractivity contribution in [2.75, 3.05) is 0 Å². The Bertz CT molecular complexity index is 885. The van der Waals surface area contributed by atoms with Crippen molar-refractivity contribution in [1.82, 2.24) is 4.90 Å². The molecule has 0 aromatic heterocycles. The van der Waals surface area contributed by atoms with Gasteiger partial charge in [0.2, 0.25) is 0 Å². The van der Waals surface area contributed by atoms with Gasteiger partial charge in [-0.15, -0.1) is 0 Å². The van der Waals surface area contributed by atoms with Gasteiger partial charge >= 0.3 is 0 Å². The van der Waals surface area contributed by atoms with Gasteiger partial charge in [-0.2, -0.15) is 0 Å². The number of carbonyl (C=O) groups excluding carboxylic acids is 1. The monoisotopic (exact) mass is 393 g/mol. The number of amides is 1. The first-order chi connectivity index (χ1) is 14.1. The van der Waals surface area contributed by atoms with Gasteiger partial charge in [0, 0.05) is 11.8 Å². The molecule has 1 heterocycles. The number of ether oxygens (including phenoxy) is 1. The molecule has 1 aliphatic carbocycles. The Balaban J connectivity index is 1.41. The van der Waals surface area contributed by atoms with E-state index in [2.05, 4.69) is 13.0 Å². The summed E-state index contributed by atoms with van der Waals surface area (Å²) in [6.45, 7) is 2.96. The molecule has 1 amide bonds. The van der Waals surface area contributed by atoms with E-state index in [4.69, 9.17) is 4.74 Å².